The number of rotatable bonds is 7. The highest BCUT2D eigenvalue weighted by molar-refractivity contribution is 7.13. The van der Waals surface area contributed by atoms with Crippen LogP contribution in [0.15, 0.2) is 66.0 Å². The number of amides is 1. The third-order valence-corrected chi connectivity index (χ3v) is 8.78. The predicted molar refractivity (Wildman–Crippen MR) is 140 cm³/mol. The fraction of sp³-hybridized carbons (Fsp3) is 0.414. The van der Waals surface area contributed by atoms with Crippen molar-refractivity contribution in [3.8, 4) is 10.4 Å². The molecule has 2 aromatic carbocycles. The van der Waals surface area contributed by atoms with E-state index in [0.29, 0.717) is 5.92 Å². The maximum atomic E-state index is 13.3. The number of fused-ring (bicyclic) bond motifs is 3. The van der Waals surface area contributed by atoms with Crippen molar-refractivity contribution in [1.29, 1.82) is 0 Å². The van der Waals surface area contributed by atoms with Crippen LogP contribution in [0.4, 0.5) is 10.5 Å². The molecule has 0 aliphatic carbocycles. The van der Waals surface area contributed by atoms with E-state index in [1.54, 1.807) is 16.2 Å². The number of hydrogen-bond acceptors (Lipinski definition) is 3. The highest BCUT2D eigenvalue weighted by atomic mass is 32.1. The minimum Gasteiger partial charge on any atom is -0.440 e. The molecular weight excluding hydrogens is 440 g/mol. The van der Waals surface area contributed by atoms with Crippen LogP contribution in [0.5, 0.6) is 0 Å². The molecule has 0 N–H and O–H groups in total. The van der Waals surface area contributed by atoms with Crippen molar-refractivity contribution < 1.29 is 14.0 Å². The molecule has 1 atom stereocenters. The zero-order valence-corrected chi connectivity index (χ0v) is 21.1. The monoisotopic (exact) mass is 475 g/mol. The average Bonchev–Trinajstić information content (AvgIpc) is 3.39. The molecule has 1 aromatic heterocycles. The second-order valence-corrected chi connectivity index (χ2v) is 11.0. The average molecular weight is 476 g/mol. The van der Waals surface area contributed by atoms with Gasteiger partial charge >= 0.3 is 6.09 Å². The zero-order chi connectivity index (χ0) is 23.5. The van der Waals surface area contributed by atoms with Gasteiger partial charge in [0.2, 0.25) is 0 Å². The predicted octanol–water partition coefficient (Wildman–Crippen LogP) is 6.54. The Kier molecular flexibility index (Phi) is 6.75. The first kappa shape index (κ1) is 23.1. The molecule has 4 heterocycles. The summed E-state index contributed by atoms with van der Waals surface area (Å²) in [5.74, 6) is 0.501. The Morgan fingerprint density at radius 1 is 1.06 bits per heavy atom. The molecule has 2 bridgehead atoms. The topological polar surface area (TPSA) is 29.5 Å². The number of carbonyl (C=O) groups is 1. The van der Waals surface area contributed by atoms with Crippen molar-refractivity contribution in [3.63, 3.8) is 0 Å². The number of ether oxygens (including phenoxy) is 1. The third kappa shape index (κ3) is 4.77. The van der Waals surface area contributed by atoms with Gasteiger partial charge in [-0.3, -0.25) is 4.90 Å². The maximum Gasteiger partial charge on any atom is 0.414 e. The van der Waals surface area contributed by atoms with E-state index in [0.717, 1.165) is 41.5 Å². The van der Waals surface area contributed by atoms with Gasteiger partial charge in [-0.05, 0) is 42.0 Å². The lowest BCUT2D eigenvalue weighted by Crippen LogP contribution is -2.65. The number of quaternary nitrogens is 1. The number of thiophene rings is 1. The van der Waals surface area contributed by atoms with Gasteiger partial charge in [0.15, 0.2) is 6.10 Å². The van der Waals surface area contributed by atoms with Gasteiger partial charge in [0.25, 0.3) is 0 Å². The van der Waals surface area contributed by atoms with Crippen LogP contribution in [0.3, 0.4) is 0 Å². The Bertz CT molecular complexity index is 1100. The van der Waals surface area contributed by atoms with Crippen molar-refractivity contribution in [2.45, 2.75) is 38.7 Å². The van der Waals surface area contributed by atoms with Crippen LogP contribution in [0.25, 0.3) is 10.4 Å². The summed E-state index contributed by atoms with van der Waals surface area (Å²) in [5, 5.41) is 2.08. The number of carbonyl (C=O) groups excluding carboxylic acids is 1. The molecule has 3 fully saturated rings. The van der Waals surface area contributed by atoms with Gasteiger partial charge in [-0.2, -0.15) is 0 Å². The minimum atomic E-state index is -0.232. The Morgan fingerprint density at radius 2 is 1.85 bits per heavy atom. The number of hydrogen-bond donors (Lipinski definition) is 0. The fourth-order valence-electron chi connectivity index (χ4n) is 5.91. The molecule has 0 saturated carbocycles. The lowest BCUT2D eigenvalue weighted by Gasteiger charge is -2.52. The van der Waals surface area contributed by atoms with Crippen molar-refractivity contribution in [2.24, 2.45) is 5.92 Å². The summed E-state index contributed by atoms with van der Waals surface area (Å²) in [7, 11) is 1.85. The Labute approximate surface area is 207 Å². The van der Waals surface area contributed by atoms with Crippen LogP contribution in [-0.2, 0) is 11.2 Å². The molecule has 6 rings (SSSR count). The van der Waals surface area contributed by atoms with Crippen LogP contribution >= 0.6 is 11.3 Å². The summed E-state index contributed by atoms with van der Waals surface area (Å²) in [5.41, 5.74) is 4.62. The number of anilines is 1. The summed E-state index contributed by atoms with van der Waals surface area (Å²) >= 11 is 1.70. The van der Waals surface area contributed by atoms with Crippen molar-refractivity contribution in [2.75, 3.05) is 38.1 Å². The second kappa shape index (κ2) is 9.93. The van der Waals surface area contributed by atoms with Crippen molar-refractivity contribution >= 4 is 23.1 Å². The van der Waals surface area contributed by atoms with Crippen molar-refractivity contribution in [3.05, 3.63) is 77.2 Å². The van der Waals surface area contributed by atoms with Gasteiger partial charge < -0.3 is 9.22 Å². The van der Waals surface area contributed by atoms with Gasteiger partial charge in [0.1, 0.15) is 6.54 Å². The lowest BCUT2D eigenvalue weighted by molar-refractivity contribution is -0.946. The standard InChI is InChI=1S/C29H35N2O2S/c1-22-9-6-13-25(28(22)27-14-8-20-34-27)30(2)29(32)33-26-21-31(18-15-24(26)16-19-31)17-7-12-23-10-4-3-5-11-23/h3-6,8-11,13-14,20,24,26H,7,12,15-19,21H2,1-2H3/q+1/t24?,26-,31?/m0/s1. The smallest absolute Gasteiger partial charge is 0.414 e. The maximum absolute atomic E-state index is 13.3. The van der Waals surface area contributed by atoms with E-state index in [9.17, 15) is 4.79 Å². The van der Waals surface area contributed by atoms with E-state index < -0.39 is 0 Å². The highest BCUT2D eigenvalue weighted by Gasteiger charge is 2.47. The Balaban J connectivity index is 1.25. The van der Waals surface area contributed by atoms with Gasteiger partial charge in [-0.1, -0.05) is 48.5 Å². The Morgan fingerprint density at radius 3 is 2.59 bits per heavy atom. The molecule has 3 aromatic rings. The molecule has 0 spiro atoms. The van der Waals surface area contributed by atoms with Gasteiger partial charge in [-0.15, -0.1) is 11.3 Å². The van der Waals surface area contributed by atoms with Crippen LogP contribution in [0, 0.1) is 12.8 Å². The first-order valence-corrected chi connectivity index (χ1v) is 13.4. The Hall–Kier alpha value is -2.63. The second-order valence-electron chi connectivity index (χ2n) is 10.0. The summed E-state index contributed by atoms with van der Waals surface area (Å²) in [6, 6.07) is 21.1. The van der Waals surface area contributed by atoms with E-state index >= 15 is 0 Å². The van der Waals surface area contributed by atoms with Crippen molar-refractivity contribution in [1.82, 2.24) is 0 Å². The summed E-state index contributed by atoms with van der Waals surface area (Å²) in [6.07, 6.45) is 4.42. The number of piperidine rings is 3. The van der Waals surface area contributed by atoms with E-state index in [-0.39, 0.29) is 12.2 Å². The summed E-state index contributed by atoms with van der Waals surface area (Å²) in [4.78, 5) is 16.2. The molecule has 3 aliphatic rings. The molecule has 3 saturated heterocycles. The summed E-state index contributed by atoms with van der Waals surface area (Å²) < 4.78 is 7.33. The van der Waals surface area contributed by atoms with E-state index in [1.807, 2.05) is 19.2 Å². The SMILES string of the molecule is Cc1cccc(N(C)C(=O)O[C@H]2C[N+]3(CCCc4ccccc4)CCC2CC3)c1-c1cccs1. The molecule has 34 heavy (non-hydrogen) atoms. The highest BCUT2D eigenvalue weighted by Crippen LogP contribution is 2.38. The molecule has 0 unspecified atom stereocenters. The lowest BCUT2D eigenvalue weighted by atomic mass is 9.83. The first-order chi connectivity index (χ1) is 16.5. The minimum absolute atomic E-state index is 0.0178. The number of nitrogens with zero attached hydrogens (tertiary/aromatic N) is 2. The van der Waals surface area contributed by atoms with Crippen LogP contribution in [-0.4, -0.2) is 49.9 Å². The molecule has 5 heteroatoms. The normalized spacial score (nSPS) is 23.6. The van der Waals surface area contributed by atoms with Crippen LogP contribution < -0.4 is 4.90 Å². The molecule has 3 aliphatic heterocycles. The zero-order valence-electron chi connectivity index (χ0n) is 20.3. The molecular formula is C29H35N2O2S+. The van der Waals surface area contributed by atoms with Crippen LogP contribution in [0.1, 0.15) is 30.4 Å². The fourth-order valence-corrected chi connectivity index (χ4v) is 6.76. The number of aryl methyl sites for hydroxylation is 2. The molecule has 1 amide bonds. The van der Waals surface area contributed by atoms with Gasteiger partial charge in [0, 0.05) is 42.7 Å². The largest absolute Gasteiger partial charge is 0.440 e. The quantitative estimate of drug-likeness (QED) is 0.363. The van der Waals surface area contributed by atoms with E-state index in [2.05, 4.69) is 60.8 Å². The molecule has 4 nitrogen and oxygen atoms in total. The van der Waals surface area contributed by atoms with E-state index in [1.165, 1.54) is 42.1 Å². The number of benzene rings is 2. The third-order valence-electron chi connectivity index (χ3n) is 7.89. The van der Waals surface area contributed by atoms with Crippen LogP contribution in [0.2, 0.25) is 0 Å². The summed E-state index contributed by atoms with van der Waals surface area (Å²) in [6.45, 7) is 6.69. The molecule has 0 radical (unpaired) electrons. The first-order valence-electron chi connectivity index (χ1n) is 12.5. The van der Waals surface area contributed by atoms with Gasteiger partial charge in [0.05, 0.1) is 25.3 Å². The van der Waals surface area contributed by atoms with E-state index in [4.69, 9.17) is 4.74 Å². The van der Waals surface area contributed by atoms with Gasteiger partial charge in [-0.25, -0.2) is 4.79 Å². The molecule has 178 valence electrons.